The molecule has 1 aromatic carbocycles. The summed E-state index contributed by atoms with van der Waals surface area (Å²) in [5.41, 5.74) is -0.659. The van der Waals surface area contributed by atoms with Gasteiger partial charge in [0, 0.05) is 6.07 Å². The first-order valence-corrected chi connectivity index (χ1v) is 6.08. The van der Waals surface area contributed by atoms with E-state index in [-0.39, 0.29) is 12.1 Å². The fraction of sp³-hybridized carbons (Fsp3) is 0.333. The van der Waals surface area contributed by atoms with Gasteiger partial charge in [0.15, 0.2) is 0 Å². The van der Waals surface area contributed by atoms with E-state index in [4.69, 9.17) is 5.11 Å². The SMILES string of the molecule is CCC[C@@H](NC(=O)Nc1cc(F)cc([N+](=O)[O-])c1)C(=O)O. The number of carbonyl (C=O) groups excluding carboxylic acids is 1. The lowest BCUT2D eigenvalue weighted by Crippen LogP contribution is -2.42. The van der Waals surface area contributed by atoms with Crippen LogP contribution in [0.4, 0.5) is 20.6 Å². The van der Waals surface area contributed by atoms with Gasteiger partial charge in [-0.05, 0) is 12.5 Å². The maximum absolute atomic E-state index is 13.2. The number of carbonyl (C=O) groups is 2. The molecule has 8 nitrogen and oxygen atoms in total. The van der Waals surface area contributed by atoms with Crippen LogP contribution in [0.5, 0.6) is 0 Å². The number of nitrogens with one attached hydrogen (secondary N) is 2. The van der Waals surface area contributed by atoms with Gasteiger partial charge in [-0.3, -0.25) is 10.1 Å². The number of hydrogen-bond acceptors (Lipinski definition) is 4. The summed E-state index contributed by atoms with van der Waals surface area (Å²) in [5, 5.41) is 23.8. The molecule has 0 aromatic heterocycles. The second-order valence-electron chi connectivity index (χ2n) is 4.23. The van der Waals surface area contributed by atoms with Crippen molar-refractivity contribution in [1.29, 1.82) is 0 Å². The maximum atomic E-state index is 13.2. The summed E-state index contributed by atoms with van der Waals surface area (Å²) in [7, 11) is 0. The number of aliphatic carboxylic acids is 1. The Morgan fingerprint density at radius 2 is 2.10 bits per heavy atom. The zero-order valence-electron chi connectivity index (χ0n) is 11.1. The van der Waals surface area contributed by atoms with Crippen molar-refractivity contribution in [2.24, 2.45) is 0 Å². The highest BCUT2D eigenvalue weighted by Crippen LogP contribution is 2.19. The Morgan fingerprint density at radius 3 is 2.62 bits per heavy atom. The summed E-state index contributed by atoms with van der Waals surface area (Å²) in [6.07, 6.45) is 0.773. The van der Waals surface area contributed by atoms with Crippen molar-refractivity contribution in [2.75, 3.05) is 5.32 Å². The highest BCUT2D eigenvalue weighted by molar-refractivity contribution is 5.92. The number of nitrogens with zero attached hydrogens (tertiary/aromatic N) is 1. The van der Waals surface area contributed by atoms with Crippen molar-refractivity contribution < 1.29 is 24.0 Å². The predicted octanol–water partition coefficient (Wildman–Crippen LogP) is 2.11. The second kappa shape index (κ2) is 7.17. The number of amides is 2. The van der Waals surface area contributed by atoms with Gasteiger partial charge in [0.05, 0.1) is 16.7 Å². The molecule has 0 heterocycles. The first kappa shape index (κ1) is 16.3. The van der Waals surface area contributed by atoms with E-state index in [2.05, 4.69) is 10.6 Å². The summed E-state index contributed by atoms with van der Waals surface area (Å²) in [6.45, 7) is 1.76. The first-order valence-electron chi connectivity index (χ1n) is 6.08. The van der Waals surface area contributed by atoms with Gasteiger partial charge in [-0.2, -0.15) is 0 Å². The van der Waals surface area contributed by atoms with E-state index in [0.717, 1.165) is 12.1 Å². The zero-order valence-corrected chi connectivity index (χ0v) is 11.1. The summed E-state index contributed by atoms with van der Waals surface area (Å²) >= 11 is 0. The van der Waals surface area contributed by atoms with Crippen LogP contribution in [0.15, 0.2) is 18.2 Å². The molecule has 0 unspecified atom stereocenters. The number of urea groups is 1. The lowest BCUT2D eigenvalue weighted by molar-refractivity contribution is -0.385. The Kier molecular flexibility index (Phi) is 5.58. The lowest BCUT2D eigenvalue weighted by atomic mass is 10.2. The van der Waals surface area contributed by atoms with Crippen molar-refractivity contribution in [2.45, 2.75) is 25.8 Å². The average Bonchev–Trinajstić information content (AvgIpc) is 2.37. The van der Waals surface area contributed by atoms with E-state index in [1.165, 1.54) is 0 Å². The first-order chi connectivity index (χ1) is 9.83. The molecular weight excluding hydrogens is 285 g/mol. The molecule has 1 aromatic rings. The van der Waals surface area contributed by atoms with E-state index < -0.39 is 34.5 Å². The number of halogens is 1. The molecule has 3 N–H and O–H groups in total. The number of hydrogen-bond donors (Lipinski definition) is 3. The van der Waals surface area contributed by atoms with Crippen LogP contribution >= 0.6 is 0 Å². The minimum Gasteiger partial charge on any atom is -0.480 e. The molecule has 0 saturated carbocycles. The molecule has 1 rings (SSSR count). The fourth-order valence-electron chi connectivity index (χ4n) is 1.62. The molecule has 0 saturated heterocycles. The van der Waals surface area contributed by atoms with Crippen LogP contribution in [0.25, 0.3) is 0 Å². The van der Waals surface area contributed by atoms with Gasteiger partial charge in [0.25, 0.3) is 5.69 Å². The summed E-state index contributed by atoms with van der Waals surface area (Å²) in [4.78, 5) is 32.3. The third-order valence-corrected chi connectivity index (χ3v) is 2.53. The topological polar surface area (TPSA) is 122 Å². The van der Waals surface area contributed by atoms with Gasteiger partial charge in [0.1, 0.15) is 11.9 Å². The number of carboxylic acid groups (broad SMARTS) is 1. The van der Waals surface area contributed by atoms with Crippen LogP contribution < -0.4 is 10.6 Å². The van der Waals surface area contributed by atoms with Crippen LogP contribution in [-0.4, -0.2) is 28.1 Å². The van der Waals surface area contributed by atoms with Crippen LogP contribution in [0, 0.1) is 15.9 Å². The molecule has 114 valence electrons. The van der Waals surface area contributed by atoms with Crippen molar-refractivity contribution in [3.8, 4) is 0 Å². The van der Waals surface area contributed by atoms with Gasteiger partial charge >= 0.3 is 12.0 Å². The number of non-ortho nitro benzene ring substituents is 1. The minimum atomic E-state index is -1.20. The lowest BCUT2D eigenvalue weighted by Gasteiger charge is -2.14. The number of benzene rings is 1. The highest BCUT2D eigenvalue weighted by atomic mass is 19.1. The molecule has 2 amide bonds. The molecule has 9 heteroatoms. The van der Waals surface area contributed by atoms with Crippen LogP contribution in [0.2, 0.25) is 0 Å². The van der Waals surface area contributed by atoms with E-state index in [9.17, 15) is 24.1 Å². The second-order valence-corrected chi connectivity index (χ2v) is 4.23. The molecule has 0 aliphatic rings. The number of nitro groups is 1. The van der Waals surface area contributed by atoms with Gasteiger partial charge in [-0.25, -0.2) is 14.0 Å². The van der Waals surface area contributed by atoms with E-state index in [1.807, 2.05) is 0 Å². The standard InChI is InChI=1S/C12H14FN3O5/c1-2-3-10(11(17)18)15-12(19)14-8-4-7(13)5-9(6-8)16(20)21/h4-6,10H,2-3H2,1H3,(H,17,18)(H2,14,15,19)/t10-/m1/s1. The summed E-state index contributed by atoms with van der Waals surface area (Å²) in [6, 6.07) is 0.606. The normalized spacial score (nSPS) is 11.5. The fourth-order valence-corrected chi connectivity index (χ4v) is 1.62. The third-order valence-electron chi connectivity index (χ3n) is 2.53. The predicted molar refractivity (Wildman–Crippen MR) is 71.5 cm³/mol. The van der Waals surface area contributed by atoms with Crippen LogP contribution in [0.1, 0.15) is 19.8 Å². The summed E-state index contributed by atoms with van der Waals surface area (Å²) in [5.74, 6) is -2.08. The number of anilines is 1. The van der Waals surface area contributed by atoms with Crippen LogP contribution in [-0.2, 0) is 4.79 Å². The molecule has 1 atom stereocenters. The minimum absolute atomic E-state index is 0.139. The van der Waals surface area contributed by atoms with Crippen LogP contribution in [0.3, 0.4) is 0 Å². The molecule has 0 fully saturated rings. The Hall–Kier alpha value is -2.71. The van der Waals surface area contributed by atoms with Gasteiger partial charge < -0.3 is 15.7 Å². The van der Waals surface area contributed by atoms with Crippen molar-refractivity contribution in [3.63, 3.8) is 0 Å². The third kappa shape index (κ3) is 5.05. The quantitative estimate of drug-likeness (QED) is 0.548. The van der Waals surface area contributed by atoms with Gasteiger partial charge in [0.2, 0.25) is 0 Å². The zero-order chi connectivity index (χ0) is 16.0. The molecule has 0 radical (unpaired) electrons. The van der Waals surface area contributed by atoms with E-state index in [0.29, 0.717) is 12.5 Å². The molecule has 0 aliphatic heterocycles. The molecule has 21 heavy (non-hydrogen) atoms. The van der Waals surface area contributed by atoms with E-state index >= 15 is 0 Å². The van der Waals surface area contributed by atoms with Crippen molar-refractivity contribution in [3.05, 3.63) is 34.1 Å². The molecule has 0 aliphatic carbocycles. The molecule has 0 spiro atoms. The molecule has 0 bridgehead atoms. The Morgan fingerprint density at radius 1 is 1.43 bits per heavy atom. The maximum Gasteiger partial charge on any atom is 0.326 e. The smallest absolute Gasteiger partial charge is 0.326 e. The van der Waals surface area contributed by atoms with Crippen molar-refractivity contribution in [1.82, 2.24) is 5.32 Å². The average molecular weight is 299 g/mol. The number of carboxylic acids is 1. The Labute approximate surface area is 119 Å². The van der Waals surface area contributed by atoms with Gasteiger partial charge in [-0.15, -0.1) is 0 Å². The Bertz CT molecular complexity index is 564. The monoisotopic (exact) mass is 299 g/mol. The largest absolute Gasteiger partial charge is 0.480 e. The van der Waals surface area contributed by atoms with Gasteiger partial charge in [-0.1, -0.05) is 13.3 Å². The van der Waals surface area contributed by atoms with E-state index in [1.54, 1.807) is 6.92 Å². The Balaban J connectivity index is 2.78. The number of rotatable bonds is 6. The van der Waals surface area contributed by atoms with Crippen molar-refractivity contribution >= 4 is 23.4 Å². The molecular formula is C12H14FN3O5. The summed E-state index contributed by atoms with van der Waals surface area (Å²) < 4.78 is 13.2. The highest BCUT2D eigenvalue weighted by Gasteiger charge is 2.19. The number of nitro benzene ring substituents is 1.